The lowest BCUT2D eigenvalue weighted by Gasteiger charge is -2.31. The fourth-order valence-electron chi connectivity index (χ4n) is 1.95. The van der Waals surface area contributed by atoms with E-state index in [4.69, 9.17) is 12.2 Å². The number of benzene rings is 1. The molecule has 1 heterocycles. The van der Waals surface area contributed by atoms with E-state index >= 15 is 0 Å². The van der Waals surface area contributed by atoms with Crippen LogP contribution in [0.5, 0.6) is 0 Å². The summed E-state index contributed by atoms with van der Waals surface area (Å²) in [4.78, 5) is 15.9. The Balaban J connectivity index is 1.92. The largest absolute Gasteiger partial charge is 0.347 e. The van der Waals surface area contributed by atoms with Crippen LogP contribution in [0.15, 0.2) is 28.7 Å². The number of nitrogens with one attached hydrogen (secondary N) is 2. The van der Waals surface area contributed by atoms with Crippen LogP contribution in [0.25, 0.3) is 0 Å². The molecule has 1 aliphatic rings. The summed E-state index contributed by atoms with van der Waals surface area (Å²) >= 11 is 8.62. The summed E-state index contributed by atoms with van der Waals surface area (Å²) in [5, 5.41) is 2.83. The van der Waals surface area contributed by atoms with Crippen LogP contribution in [-0.4, -0.2) is 49.0 Å². The van der Waals surface area contributed by atoms with Crippen molar-refractivity contribution in [2.24, 2.45) is 0 Å². The molecule has 0 radical (unpaired) electrons. The van der Waals surface area contributed by atoms with Crippen molar-refractivity contribution < 1.29 is 9.69 Å². The van der Waals surface area contributed by atoms with Gasteiger partial charge < -0.3 is 15.1 Å². The predicted molar refractivity (Wildman–Crippen MR) is 83.6 cm³/mol. The zero-order valence-electron chi connectivity index (χ0n) is 10.8. The molecule has 1 aliphatic heterocycles. The zero-order valence-corrected chi connectivity index (χ0v) is 13.2. The monoisotopic (exact) mass is 342 g/mol. The molecule has 19 heavy (non-hydrogen) atoms. The molecule has 1 aromatic carbocycles. The van der Waals surface area contributed by atoms with Crippen molar-refractivity contribution in [3.05, 3.63) is 28.7 Å². The molecule has 1 aromatic rings. The number of piperazine rings is 1. The van der Waals surface area contributed by atoms with Gasteiger partial charge in [-0.1, -0.05) is 28.1 Å². The van der Waals surface area contributed by atoms with E-state index in [0.29, 0.717) is 4.99 Å². The lowest BCUT2D eigenvalue weighted by Crippen LogP contribution is -3.12. The first-order valence-electron chi connectivity index (χ1n) is 6.23. The van der Waals surface area contributed by atoms with Crippen molar-refractivity contribution in [3.8, 4) is 0 Å². The van der Waals surface area contributed by atoms with Gasteiger partial charge in [0.2, 0.25) is 0 Å². The Labute approximate surface area is 126 Å². The second-order valence-corrected chi connectivity index (χ2v) is 6.01. The maximum Gasteiger partial charge on any atom is 0.283 e. The maximum atomic E-state index is 12.1. The van der Waals surface area contributed by atoms with Crippen LogP contribution in [0.4, 0.5) is 5.69 Å². The number of thiocarbonyl (C=S) groups is 1. The Bertz CT molecular complexity index is 469. The predicted octanol–water partition coefficient (Wildman–Crippen LogP) is 0.545. The van der Waals surface area contributed by atoms with E-state index in [1.165, 1.54) is 4.90 Å². The summed E-state index contributed by atoms with van der Waals surface area (Å²) in [5.41, 5.74) is 0.760. The van der Waals surface area contributed by atoms with Gasteiger partial charge in [-0.05, 0) is 24.3 Å². The van der Waals surface area contributed by atoms with E-state index in [0.717, 1.165) is 36.3 Å². The highest BCUT2D eigenvalue weighted by molar-refractivity contribution is 9.10. The van der Waals surface area contributed by atoms with E-state index in [2.05, 4.69) is 28.3 Å². The van der Waals surface area contributed by atoms with Crippen molar-refractivity contribution >= 4 is 44.7 Å². The number of anilines is 1. The number of carbonyl (C=O) groups excluding carboxylic acids is 1. The number of carbonyl (C=O) groups is 1. The van der Waals surface area contributed by atoms with Crippen molar-refractivity contribution in [1.82, 2.24) is 4.90 Å². The highest BCUT2D eigenvalue weighted by Gasteiger charge is 2.23. The van der Waals surface area contributed by atoms with E-state index in [9.17, 15) is 4.79 Å². The number of rotatable bonds is 1. The molecule has 0 unspecified atom stereocenters. The molecule has 4 nitrogen and oxygen atoms in total. The fraction of sp³-hybridized carbons (Fsp3) is 0.385. The summed E-state index contributed by atoms with van der Waals surface area (Å²) < 4.78 is 0.982. The van der Waals surface area contributed by atoms with Crippen molar-refractivity contribution in [2.75, 3.05) is 38.5 Å². The number of likely N-dealkylation sites (N-methyl/N-ethyl adjacent to an activating group) is 1. The van der Waals surface area contributed by atoms with Gasteiger partial charge in [0.1, 0.15) is 0 Å². The molecule has 0 aliphatic carbocycles. The third-order valence-corrected chi connectivity index (χ3v) is 4.17. The summed E-state index contributed by atoms with van der Waals surface area (Å²) in [6, 6.07) is 7.47. The average Bonchev–Trinajstić information content (AvgIpc) is 2.41. The van der Waals surface area contributed by atoms with Gasteiger partial charge in [-0.2, -0.15) is 0 Å². The topological polar surface area (TPSA) is 36.8 Å². The lowest BCUT2D eigenvalue weighted by atomic mass is 10.3. The molecule has 0 saturated carbocycles. The van der Waals surface area contributed by atoms with E-state index in [1.807, 2.05) is 29.2 Å². The molecule has 0 bridgehead atoms. The maximum absolute atomic E-state index is 12.1. The van der Waals surface area contributed by atoms with Crippen LogP contribution in [0.1, 0.15) is 0 Å². The van der Waals surface area contributed by atoms with Gasteiger partial charge in [0.15, 0.2) is 4.99 Å². The van der Waals surface area contributed by atoms with Crippen LogP contribution in [0.3, 0.4) is 0 Å². The van der Waals surface area contributed by atoms with Gasteiger partial charge in [0.05, 0.1) is 33.2 Å². The van der Waals surface area contributed by atoms with E-state index in [-0.39, 0.29) is 5.91 Å². The molecule has 0 spiro atoms. The molecule has 0 aromatic heterocycles. The molecule has 2 N–H and O–H groups in total. The average molecular weight is 343 g/mol. The number of hydrogen-bond donors (Lipinski definition) is 2. The SMILES string of the molecule is C[NH+]1CCN(C(=S)C(=O)Nc2ccc(Br)cc2)CC1. The lowest BCUT2D eigenvalue weighted by molar-refractivity contribution is -0.883. The summed E-state index contributed by atoms with van der Waals surface area (Å²) in [7, 11) is 2.16. The Morgan fingerprint density at radius 2 is 1.89 bits per heavy atom. The van der Waals surface area contributed by atoms with E-state index < -0.39 is 0 Å². The smallest absolute Gasteiger partial charge is 0.283 e. The fourth-order valence-corrected chi connectivity index (χ4v) is 2.45. The molecular formula is C13H17BrN3OS+. The number of quaternary nitrogens is 1. The number of halogens is 1. The van der Waals surface area contributed by atoms with Gasteiger partial charge in [0.25, 0.3) is 5.91 Å². The summed E-state index contributed by atoms with van der Waals surface area (Å²) in [5.74, 6) is -0.197. The second kappa shape index (κ2) is 6.45. The van der Waals surface area contributed by atoms with Crippen LogP contribution in [0, 0.1) is 0 Å². The Kier molecular flexibility index (Phi) is 4.90. The van der Waals surface area contributed by atoms with Crippen LogP contribution >= 0.6 is 28.1 Å². The Hall–Kier alpha value is -0.980. The molecular weight excluding hydrogens is 326 g/mol. The first-order valence-corrected chi connectivity index (χ1v) is 7.43. The standard InChI is InChI=1S/C13H16BrN3OS/c1-16-6-8-17(9-7-16)13(19)12(18)15-11-4-2-10(14)3-5-11/h2-5H,6-9H2,1H3,(H,15,18)/p+1. The third-order valence-electron chi connectivity index (χ3n) is 3.20. The highest BCUT2D eigenvalue weighted by Crippen LogP contribution is 2.14. The summed E-state index contributed by atoms with van der Waals surface area (Å²) in [6.07, 6.45) is 0. The first kappa shape index (κ1) is 14.4. The summed E-state index contributed by atoms with van der Waals surface area (Å²) in [6.45, 7) is 3.73. The minimum atomic E-state index is -0.197. The molecule has 1 amide bonds. The first-order chi connectivity index (χ1) is 9.06. The third kappa shape index (κ3) is 3.99. The molecule has 102 valence electrons. The molecule has 2 rings (SSSR count). The Morgan fingerprint density at radius 3 is 2.47 bits per heavy atom. The normalized spacial score (nSPS) is 16.2. The minimum absolute atomic E-state index is 0.197. The van der Waals surface area contributed by atoms with Crippen molar-refractivity contribution in [2.45, 2.75) is 0 Å². The van der Waals surface area contributed by atoms with Crippen LogP contribution in [-0.2, 0) is 4.79 Å². The van der Waals surface area contributed by atoms with Gasteiger partial charge in [-0.25, -0.2) is 0 Å². The molecule has 1 fully saturated rings. The second-order valence-electron chi connectivity index (χ2n) is 4.71. The van der Waals surface area contributed by atoms with Crippen molar-refractivity contribution in [1.29, 1.82) is 0 Å². The Morgan fingerprint density at radius 1 is 1.32 bits per heavy atom. The van der Waals surface area contributed by atoms with E-state index in [1.54, 1.807) is 0 Å². The highest BCUT2D eigenvalue weighted by atomic mass is 79.9. The molecule has 0 atom stereocenters. The molecule has 1 saturated heterocycles. The number of nitrogens with zero attached hydrogens (tertiary/aromatic N) is 1. The van der Waals surface area contributed by atoms with Gasteiger partial charge in [-0.3, -0.25) is 4.79 Å². The number of amides is 1. The minimum Gasteiger partial charge on any atom is -0.347 e. The van der Waals surface area contributed by atoms with Gasteiger partial charge in [0, 0.05) is 10.2 Å². The van der Waals surface area contributed by atoms with Crippen LogP contribution in [0.2, 0.25) is 0 Å². The van der Waals surface area contributed by atoms with Crippen molar-refractivity contribution in [3.63, 3.8) is 0 Å². The van der Waals surface area contributed by atoms with Gasteiger partial charge >= 0.3 is 0 Å². The quantitative estimate of drug-likeness (QED) is 0.731. The van der Waals surface area contributed by atoms with Crippen LogP contribution < -0.4 is 10.2 Å². The number of hydrogen-bond acceptors (Lipinski definition) is 2. The zero-order chi connectivity index (χ0) is 13.8. The van der Waals surface area contributed by atoms with Gasteiger partial charge in [-0.15, -0.1) is 0 Å². The molecule has 6 heteroatoms.